The summed E-state index contributed by atoms with van der Waals surface area (Å²) in [7, 11) is 1.33. The molecule has 0 aliphatic heterocycles. The lowest BCUT2D eigenvalue weighted by Gasteiger charge is -2.05. The van der Waals surface area contributed by atoms with Crippen LogP contribution in [0, 0.1) is 0 Å². The zero-order valence-corrected chi connectivity index (χ0v) is 6.97. The van der Waals surface area contributed by atoms with Crippen molar-refractivity contribution in [3.63, 3.8) is 0 Å². The number of hydrogen-bond donors (Lipinski definition) is 1. The van der Waals surface area contributed by atoms with Crippen LogP contribution in [0.5, 0.6) is 0 Å². The van der Waals surface area contributed by atoms with Crippen molar-refractivity contribution >= 4 is 17.2 Å². The molecule has 0 spiro atoms. The summed E-state index contributed by atoms with van der Waals surface area (Å²) in [6.45, 7) is 0. The Morgan fingerprint density at radius 2 is 2.55 bits per heavy atom. The second kappa shape index (κ2) is 3.50. The first-order valence-electron chi connectivity index (χ1n) is 3.18. The zero-order chi connectivity index (χ0) is 8.27. The second-order valence-corrected chi connectivity index (χ2v) is 3.21. The Labute approximate surface area is 68.8 Å². The van der Waals surface area contributed by atoms with Gasteiger partial charge < -0.3 is 0 Å². The quantitative estimate of drug-likeness (QED) is 0.535. The number of likely N-dealkylation sites (N-methyl/N-ethyl adjacent to an activating group) is 1. The van der Waals surface area contributed by atoms with Crippen molar-refractivity contribution in [3.8, 4) is 0 Å². The number of rotatable bonds is 2. The van der Waals surface area contributed by atoms with Gasteiger partial charge >= 0.3 is 0 Å². The minimum atomic E-state index is -0.285. The first kappa shape index (κ1) is 8.23. The maximum Gasteiger partial charge on any atom is 0.250 e. The molecule has 3 nitrogen and oxygen atoms in total. The van der Waals surface area contributed by atoms with E-state index < -0.39 is 0 Å². The molecule has 1 amide bonds. The van der Waals surface area contributed by atoms with E-state index in [0.29, 0.717) is 5.06 Å². The summed E-state index contributed by atoms with van der Waals surface area (Å²) in [6, 6.07) is 3.75. The van der Waals surface area contributed by atoms with Gasteiger partial charge in [-0.3, -0.25) is 10.0 Å². The van der Waals surface area contributed by atoms with Gasteiger partial charge in [-0.2, -0.15) is 0 Å². The topological polar surface area (TPSA) is 40.5 Å². The molecule has 0 radical (unpaired) electrons. The Bertz CT molecular complexity index is 231. The third-order valence-corrected chi connectivity index (χ3v) is 2.14. The number of hydroxylamine groups is 2. The Morgan fingerprint density at radius 1 is 1.82 bits per heavy atom. The molecule has 11 heavy (non-hydrogen) atoms. The first-order valence-corrected chi connectivity index (χ1v) is 4.06. The number of amides is 1. The summed E-state index contributed by atoms with van der Waals surface area (Å²) in [5, 5.41) is 11.2. The Kier molecular flexibility index (Phi) is 2.62. The SMILES string of the molecule is CN(O)C(=O)Cc1cccs1. The Hall–Kier alpha value is -0.870. The Morgan fingerprint density at radius 3 is 3.00 bits per heavy atom. The number of thiophene rings is 1. The molecule has 1 N–H and O–H groups in total. The molecule has 1 aromatic rings. The fourth-order valence-corrected chi connectivity index (χ4v) is 1.37. The van der Waals surface area contributed by atoms with Crippen molar-refractivity contribution in [2.24, 2.45) is 0 Å². The number of nitrogens with zero attached hydrogens (tertiary/aromatic N) is 1. The van der Waals surface area contributed by atoms with Gasteiger partial charge in [0.1, 0.15) is 0 Å². The van der Waals surface area contributed by atoms with Gasteiger partial charge in [-0.05, 0) is 11.4 Å². The highest BCUT2D eigenvalue weighted by molar-refractivity contribution is 7.10. The van der Waals surface area contributed by atoms with E-state index in [2.05, 4.69) is 0 Å². The summed E-state index contributed by atoms with van der Waals surface area (Å²) >= 11 is 1.51. The molecular formula is C7H9NO2S. The van der Waals surface area contributed by atoms with Crippen LogP contribution in [-0.4, -0.2) is 23.2 Å². The number of carbonyl (C=O) groups excluding carboxylic acids is 1. The Balaban J connectivity index is 2.50. The van der Waals surface area contributed by atoms with Crippen LogP contribution in [0.2, 0.25) is 0 Å². The van der Waals surface area contributed by atoms with Gasteiger partial charge in [-0.25, -0.2) is 5.06 Å². The highest BCUT2D eigenvalue weighted by Crippen LogP contribution is 2.09. The van der Waals surface area contributed by atoms with Crippen molar-refractivity contribution in [1.82, 2.24) is 5.06 Å². The molecule has 0 fully saturated rings. The first-order chi connectivity index (χ1) is 5.20. The van der Waals surface area contributed by atoms with Gasteiger partial charge in [0.05, 0.1) is 6.42 Å². The van der Waals surface area contributed by atoms with Crippen LogP contribution in [0.3, 0.4) is 0 Å². The van der Waals surface area contributed by atoms with E-state index >= 15 is 0 Å². The van der Waals surface area contributed by atoms with Gasteiger partial charge in [0, 0.05) is 11.9 Å². The van der Waals surface area contributed by atoms with Gasteiger partial charge in [-0.15, -0.1) is 11.3 Å². The maximum atomic E-state index is 10.9. The lowest BCUT2D eigenvalue weighted by Crippen LogP contribution is -2.23. The summed E-state index contributed by atoms with van der Waals surface area (Å²) in [5.74, 6) is -0.285. The molecular weight excluding hydrogens is 162 g/mol. The average molecular weight is 171 g/mol. The maximum absolute atomic E-state index is 10.9. The third-order valence-electron chi connectivity index (χ3n) is 1.27. The molecule has 1 heterocycles. The van der Waals surface area contributed by atoms with E-state index in [-0.39, 0.29) is 12.3 Å². The molecule has 0 saturated heterocycles. The van der Waals surface area contributed by atoms with E-state index in [4.69, 9.17) is 5.21 Å². The van der Waals surface area contributed by atoms with Crippen molar-refractivity contribution in [3.05, 3.63) is 22.4 Å². The predicted octanol–water partition coefficient (Wildman–Crippen LogP) is 1.14. The second-order valence-electron chi connectivity index (χ2n) is 2.17. The lowest BCUT2D eigenvalue weighted by molar-refractivity contribution is -0.158. The van der Waals surface area contributed by atoms with Crippen molar-refractivity contribution in [1.29, 1.82) is 0 Å². The van der Waals surface area contributed by atoms with Crippen LogP contribution in [0.25, 0.3) is 0 Å². The monoisotopic (exact) mass is 171 g/mol. The molecule has 4 heteroatoms. The fourth-order valence-electron chi connectivity index (χ4n) is 0.677. The van der Waals surface area contributed by atoms with Crippen molar-refractivity contribution < 1.29 is 10.0 Å². The van der Waals surface area contributed by atoms with Crippen LogP contribution in [0.15, 0.2) is 17.5 Å². The largest absolute Gasteiger partial charge is 0.286 e. The zero-order valence-electron chi connectivity index (χ0n) is 6.15. The van der Waals surface area contributed by atoms with E-state index in [9.17, 15) is 4.79 Å². The molecule has 0 aliphatic carbocycles. The predicted molar refractivity (Wildman–Crippen MR) is 42.6 cm³/mol. The lowest BCUT2D eigenvalue weighted by atomic mass is 10.3. The van der Waals surface area contributed by atoms with Crippen LogP contribution in [0.4, 0.5) is 0 Å². The number of carbonyl (C=O) groups is 1. The van der Waals surface area contributed by atoms with Crippen molar-refractivity contribution in [2.75, 3.05) is 7.05 Å². The van der Waals surface area contributed by atoms with Gasteiger partial charge in [0.15, 0.2) is 0 Å². The molecule has 60 valence electrons. The molecule has 0 bridgehead atoms. The molecule has 0 unspecified atom stereocenters. The van der Waals surface area contributed by atoms with E-state index in [1.54, 1.807) is 0 Å². The summed E-state index contributed by atoms with van der Waals surface area (Å²) < 4.78 is 0. The molecule has 0 aliphatic rings. The highest BCUT2D eigenvalue weighted by Gasteiger charge is 2.06. The van der Waals surface area contributed by atoms with Gasteiger partial charge in [-0.1, -0.05) is 6.07 Å². The highest BCUT2D eigenvalue weighted by atomic mass is 32.1. The minimum absolute atomic E-state index is 0.282. The summed E-state index contributed by atoms with van der Waals surface area (Å²) in [5.41, 5.74) is 0. The van der Waals surface area contributed by atoms with Crippen LogP contribution >= 0.6 is 11.3 Å². The standard InChI is InChI=1S/C7H9NO2S/c1-8(10)7(9)5-6-3-2-4-11-6/h2-4,10H,5H2,1H3. The summed E-state index contributed by atoms with van der Waals surface area (Å²) in [6.07, 6.45) is 0.282. The molecule has 0 saturated carbocycles. The van der Waals surface area contributed by atoms with Crippen LogP contribution in [0.1, 0.15) is 4.88 Å². The van der Waals surface area contributed by atoms with Crippen LogP contribution in [-0.2, 0) is 11.2 Å². The molecule has 0 aromatic carbocycles. The van der Waals surface area contributed by atoms with E-state index in [0.717, 1.165) is 4.88 Å². The normalized spacial score (nSPS) is 9.64. The van der Waals surface area contributed by atoms with Gasteiger partial charge in [0.2, 0.25) is 0 Å². The minimum Gasteiger partial charge on any atom is -0.286 e. The fraction of sp³-hybridized carbons (Fsp3) is 0.286. The van der Waals surface area contributed by atoms with Crippen LogP contribution < -0.4 is 0 Å². The van der Waals surface area contributed by atoms with Gasteiger partial charge in [0.25, 0.3) is 5.91 Å². The van der Waals surface area contributed by atoms with E-state index in [1.165, 1.54) is 18.4 Å². The third kappa shape index (κ3) is 2.32. The molecule has 1 aromatic heterocycles. The number of hydrogen-bond acceptors (Lipinski definition) is 3. The average Bonchev–Trinajstić information content (AvgIpc) is 2.39. The molecule has 1 rings (SSSR count). The molecule has 0 atom stereocenters. The van der Waals surface area contributed by atoms with Crippen molar-refractivity contribution in [2.45, 2.75) is 6.42 Å². The smallest absolute Gasteiger partial charge is 0.250 e. The summed E-state index contributed by atoms with van der Waals surface area (Å²) in [4.78, 5) is 11.9. The van der Waals surface area contributed by atoms with E-state index in [1.807, 2.05) is 17.5 Å².